The molecule has 2 heterocycles. The summed E-state index contributed by atoms with van der Waals surface area (Å²) in [5.41, 5.74) is -0.438. The molecule has 2 bridgehead atoms. The lowest BCUT2D eigenvalue weighted by Gasteiger charge is -2.37. The molecule has 16 heavy (non-hydrogen) atoms. The quantitative estimate of drug-likeness (QED) is 0.687. The van der Waals surface area contributed by atoms with E-state index in [2.05, 4.69) is 0 Å². The van der Waals surface area contributed by atoms with Crippen molar-refractivity contribution in [2.45, 2.75) is 70.2 Å². The van der Waals surface area contributed by atoms with Crippen molar-refractivity contribution in [2.24, 2.45) is 0 Å². The van der Waals surface area contributed by atoms with Gasteiger partial charge in [0.05, 0.1) is 6.10 Å². The van der Waals surface area contributed by atoms with Crippen molar-refractivity contribution in [3.8, 4) is 0 Å². The smallest absolute Gasteiger partial charge is 0.410 e. The van der Waals surface area contributed by atoms with E-state index in [9.17, 15) is 9.90 Å². The van der Waals surface area contributed by atoms with Crippen molar-refractivity contribution < 1.29 is 14.6 Å². The van der Waals surface area contributed by atoms with Gasteiger partial charge in [-0.2, -0.15) is 0 Å². The van der Waals surface area contributed by atoms with Crippen LogP contribution in [0.2, 0.25) is 0 Å². The summed E-state index contributed by atoms with van der Waals surface area (Å²) in [5, 5.41) is 9.64. The Labute approximate surface area is 96.6 Å². The van der Waals surface area contributed by atoms with Gasteiger partial charge in [-0.1, -0.05) is 0 Å². The third-order valence-electron chi connectivity index (χ3n) is 3.31. The molecule has 2 aliphatic rings. The van der Waals surface area contributed by atoms with Crippen molar-refractivity contribution in [1.82, 2.24) is 4.90 Å². The van der Waals surface area contributed by atoms with Crippen LogP contribution in [0.1, 0.15) is 46.5 Å². The molecular formula is C12H21NO3. The Morgan fingerprint density at radius 2 is 1.75 bits per heavy atom. The third-order valence-corrected chi connectivity index (χ3v) is 3.31. The van der Waals surface area contributed by atoms with Gasteiger partial charge in [0.15, 0.2) is 0 Å². The van der Waals surface area contributed by atoms with Gasteiger partial charge in [-0.05, 0) is 46.5 Å². The number of fused-ring (bicyclic) bond motifs is 2. The van der Waals surface area contributed by atoms with Crippen molar-refractivity contribution in [1.29, 1.82) is 0 Å². The summed E-state index contributed by atoms with van der Waals surface area (Å²) in [5.74, 6) is 0. The summed E-state index contributed by atoms with van der Waals surface area (Å²) in [6.07, 6.45) is 2.95. The molecule has 92 valence electrons. The van der Waals surface area contributed by atoms with E-state index in [-0.39, 0.29) is 24.3 Å². The van der Waals surface area contributed by atoms with Crippen LogP contribution in [0.5, 0.6) is 0 Å². The molecule has 2 aliphatic heterocycles. The number of hydrogen-bond acceptors (Lipinski definition) is 3. The Morgan fingerprint density at radius 3 is 2.19 bits per heavy atom. The monoisotopic (exact) mass is 227 g/mol. The Bertz CT molecular complexity index is 270. The number of carbonyl (C=O) groups is 1. The number of nitrogens with zero attached hydrogens (tertiary/aromatic N) is 1. The van der Waals surface area contributed by atoms with Crippen LogP contribution in [0, 0.1) is 0 Å². The average molecular weight is 227 g/mol. The van der Waals surface area contributed by atoms with Gasteiger partial charge in [0.1, 0.15) is 5.60 Å². The summed E-state index contributed by atoms with van der Waals surface area (Å²) >= 11 is 0. The first-order valence-corrected chi connectivity index (χ1v) is 6.06. The molecular weight excluding hydrogens is 206 g/mol. The van der Waals surface area contributed by atoms with E-state index in [4.69, 9.17) is 4.74 Å². The SMILES string of the molecule is CC(C)(C)OC(=O)N1[C@H]2CC[C@H]1CC(O)C2. The molecule has 0 spiro atoms. The van der Waals surface area contributed by atoms with Crippen LogP contribution in [0.15, 0.2) is 0 Å². The second kappa shape index (κ2) is 3.91. The molecule has 0 aromatic heterocycles. The molecule has 0 unspecified atom stereocenters. The number of aliphatic hydroxyl groups excluding tert-OH is 1. The van der Waals surface area contributed by atoms with E-state index < -0.39 is 5.60 Å². The minimum absolute atomic E-state index is 0.184. The normalized spacial score (nSPS) is 34.0. The van der Waals surface area contributed by atoms with Crippen LogP contribution in [-0.4, -0.2) is 39.9 Å². The van der Waals surface area contributed by atoms with Crippen LogP contribution in [0.3, 0.4) is 0 Å². The molecule has 4 nitrogen and oxygen atoms in total. The van der Waals surface area contributed by atoms with Crippen LogP contribution < -0.4 is 0 Å². The summed E-state index contributed by atoms with van der Waals surface area (Å²) < 4.78 is 5.40. The topological polar surface area (TPSA) is 49.8 Å². The van der Waals surface area contributed by atoms with Gasteiger partial charge in [-0.15, -0.1) is 0 Å². The summed E-state index contributed by atoms with van der Waals surface area (Å²) in [4.78, 5) is 13.8. The summed E-state index contributed by atoms with van der Waals surface area (Å²) in [6, 6.07) is 0.368. The van der Waals surface area contributed by atoms with Gasteiger partial charge in [0.2, 0.25) is 0 Å². The Kier molecular flexibility index (Phi) is 2.86. The molecule has 2 fully saturated rings. The second-order valence-corrected chi connectivity index (χ2v) is 5.90. The van der Waals surface area contributed by atoms with Gasteiger partial charge >= 0.3 is 6.09 Å². The van der Waals surface area contributed by atoms with Crippen molar-refractivity contribution in [3.63, 3.8) is 0 Å². The zero-order valence-electron chi connectivity index (χ0n) is 10.3. The minimum atomic E-state index is -0.438. The Hall–Kier alpha value is -0.770. The summed E-state index contributed by atoms with van der Waals surface area (Å²) in [7, 11) is 0. The number of rotatable bonds is 0. The lowest BCUT2D eigenvalue weighted by molar-refractivity contribution is -0.0110. The fourth-order valence-corrected chi connectivity index (χ4v) is 2.76. The molecule has 1 amide bonds. The minimum Gasteiger partial charge on any atom is -0.444 e. The van der Waals surface area contributed by atoms with Gasteiger partial charge in [-0.25, -0.2) is 4.79 Å². The van der Waals surface area contributed by atoms with Crippen molar-refractivity contribution in [3.05, 3.63) is 0 Å². The number of hydrogen-bond donors (Lipinski definition) is 1. The van der Waals surface area contributed by atoms with E-state index in [1.54, 1.807) is 0 Å². The van der Waals surface area contributed by atoms with Crippen LogP contribution in [0.4, 0.5) is 4.79 Å². The first-order valence-electron chi connectivity index (χ1n) is 6.06. The maximum Gasteiger partial charge on any atom is 0.410 e. The Balaban J connectivity index is 2.03. The standard InChI is InChI=1S/C12H21NO3/c1-12(2,3)16-11(15)13-8-4-5-9(13)7-10(14)6-8/h8-10,14H,4-7H2,1-3H3/t8-,9-/m0/s1. The van der Waals surface area contributed by atoms with E-state index in [1.165, 1.54) is 0 Å². The predicted octanol–water partition coefficient (Wildman–Crippen LogP) is 1.91. The van der Waals surface area contributed by atoms with Crippen LogP contribution in [0.25, 0.3) is 0 Å². The zero-order chi connectivity index (χ0) is 11.9. The lowest BCUT2D eigenvalue weighted by Crippen LogP contribution is -2.49. The number of aliphatic hydroxyl groups is 1. The van der Waals surface area contributed by atoms with Gasteiger partial charge in [0, 0.05) is 12.1 Å². The lowest BCUT2D eigenvalue weighted by atomic mass is 10.0. The predicted molar refractivity (Wildman–Crippen MR) is 60.1 cm³/mol. The summed E-state index contributed by atoms with van der Waals surface area (Å²) in [6.45, 7) is 5.64. The van der Waals surface area contributed by atoms with Crippen molar-refractivity contribution >= 4 is 6.09 Å². The Morgan fingerprint density at radius 1 is 1.25 bits per heavy atom. The average Bonchev–Trinajstić information content (AvgIpc) is 2.36. The maximum absolute atomic E-state index is 12.0. The van der Waals surface area contributed by atoms with Crippen LogP contribution in [-0.2, 0) is 4.74 Å². The van der Waals surface area contributed by atoms with Gasteiger partial charge in [0.25, 0.3) is 0 Å². The largest absolute Gasteiger partial charge is 0.444 e. The van der Waals surface area contributed by atoms with Gasteiger partial charge in [-0.3, -0.25) is 0 Å². The number of piperidine rings is 1. The van der Waals surface area contributed by atoms with Crippen LogP contribution >= 0.6 is 0 Å². The molecule has 0 radical (unpaired) electrons. The third kappa shape index (κ3) is 2.32. The number of ether oxygens (including phenoxy) is 1. The molecule has 1 N–H and O–H groups in total. The molecule has 4 heteroatoms. The molecule has 2 rings (SSSR count). The second-order valence-electron chi connectivity index (χ2n) is 5.90. The fraction of sp³-hybridized carbons (Fsp3) is 0.917. The first kappa shape index (κ1) is 11.7. The highest BCUT2D eigenvalue weighted by Gasteiger charge is 2.44. The highest BCUT2D eigenvalue weighted by Crippen LogP contribution is 2.36. The van der Waals surface area contributed by atoms with E-state index in [1.807, 2.05) is 25.7 Å². The molecule has 0 aliphatic carbocycles. The molecule has 0 aromatic carbocycles. The zero-order valence-corrected chi connectivity index (χ0v) is 10.3. The highest BCUT2D eigenvalue weighted by molar-refractivity contribution is 5.69. The molecule has 2 saturated heterocycles. The van der Waals surface area contributed by atoms with Gasteiger partial charge < -0.3 is 14.7 Å². The van der Waals surface area contributed by atoms with E-state index >= 15 is 0 Å². The number of amides is 1. The number of carbonyl (C=O) groups excluding carboxylic acids is 1. The molecule has 0 saturated carbocycles. The fourth-order valence-electron chi connectivity index (χ4n) is 2.76. The highest BCUT2D eigenvalue weighted by atomic mass is 16.6. The van der Waals surface area contributed by atoms with E-state index in [0.29, 0.717) is 12.8 Å². The van der Waals surface area contributed by atoms with Crippen molar-refractivity contribution in [2.75, 3.05) is 0 Å². The van der Waals surface area contributed by atoms with E-state index in [0.717, 1.165) is 12.8 Å². The molecule has 2 atom stereocenters. The first-order chi connectivity index (χ1) is 7.37. The molecule has 0 aromatic rings. The maximum atomic E-state index is 12.0.